The van der Waals surface area contributed by atoms with Gasteiger partial charge in [-0.1, -0.05) is 6.07 Å². The third kappa shape index (κ3) is 3.40. The number of benzene rings is 1. The maximum Gasteiger partial charge on any atom is 0.212 e. The van der Waals surface area contributed by atoms with Crippen molar-refractivity contribution < 1.29 is 9.47 Å². The lowest BCUT2D eigenvalue weighted by Gasteiger charge is -2.24. The third-order valence-electron chi connectivity index (χ3n) is 5.32. The smallest absolute Gasteiger partial charge is 0.212 e. The van der Waals surface area contributed by atoms with E-state index in [1.54, 1.807) is 14.2 Å². The summed E-state index contributed by atoms with van der Waals surface area (Å²) < 4.78 is 10.5. The summed E-state index contributed by atoms with van der Waals surface area (Å²) in [6.07, 6.45) is 7.61. The quantitative estimate of drug-likeness (QED) is 0.734. The number of aromatic amines is 1. The summed E-state index contributed by atoms with van der Waals surface area (Å²) in [5.74, 6) is 1.57. The molecule has 1 aliphatic rings. The van der Waals surface area contributed by atoms with E-state index in [0.717, 1.165) is 25.3 Å². The highest BCUT2D eigenvalue weighted by atomic mass is 16.5. The molecule has 5 nitrogen and oxygen atoms in total. The number of aromatic nitrogens is 2. The fraction of sp³-hybridized carbons (Fsp3) is 0.381. The molecular formula is C21H25N3O2. The molecule has 1 atom stereocenters. The topological polar surface area (TPSA) is 50.4 Å². The van der Waals surface area contributed by atoms with Crippen LogP contribution in [0, 0.1) is 0 Å². The number of rotatable bonds is 6. The SMILES string of the molecule is COc1ccc2[nH]cc(C[C@H]3CCCN3Cc3ccc(OC)nc3)c2c1. The summed E-state index contributed by atoms with van der Waals surface area (Å²) in [4.78, 5) is 10.3. The lowest BCUT2D eigenvalue weighted by Crippen LogP contribution is -2.30. The van der Waals surface area contributed by atoms with Gasteiger partial charge in [0.05, 0.1) is 14.2 Å². The zero-order valence-electron chi connectivity index (χ0n) is 15.4. The van der Waals surface area contributed by atoms with Gasteiger partial charge in [-0.2, -0.15) is 0 Å². The molecule has 0 bridgehead atoms. The van der Waals surface area contributed by atoms with Crippen molar-refractivity contribution in [3.05, 3.63) is 53.9 Å². The summed E-state index contributed by atoms with van der Waals surface area (Å²) in [5.41, 5.74) is 3.77. The molecule has 0 radical (unpaired) electrons. The van der Waals surface area contributed by atoms with Gasteiger partial charge in [0.2, 0.25) is 5.88 Å². The second-order valence-corrected chi connectivity index (χ2v) is 6.90. The van der Waals surface area contributed by atoms with Crippen molar-refractivity contribution in [1.82, 2.24) is 14.9 Å². The van der Waals surface area contributed by atoms with Gasteiger partial charge in [-0.15, -0.1) is 0 Å². The minimum atomic E-state index is 0.558. The normalized spacial score (nSPS) is 17.7. The molecule has 0 aliphatic carbocycles. The predicted octanol–water partition coefficient (Wildman–Crippen LogP) is 3.79. The number of hydrogen-bond donors (Lipinski definition) is 1. The summed E-state index contributed by atoms with van der Waals surface area (Å²) in [6, 6.07) is 10.8. The molecule has 4 rings (SSSR count). The maximum absolute atomic E-state index is 5.39. The highest BCUT2D eigenvalue weighted by molar-refractivity contribution is 5.84. The van der Waals surface area contributed by atoms with E-state index in [9.17, 15) is 0 Å². The molecule has 1 N–H and O–H groups in total. The molecule has 1 saturated heterocycles. The van der Waals surface area contributed by atoms with Gasteiger partial charge in [0.1, 0.15) is 5.75 Å². The van der Waals surface area contributed by atoms with E-state index in [2.05, 4.69) is 39.3 Å². The lowest BCUT2D eigenvalue weighted by molar-refractivity contribution is 0.244. The first-order chi connectivity index (χ1) is 12.8. The van der Waals surface area contributed by atoms with Gasteiger partial charge in [-0.3, -0.25) is 4.90 Å². The largest absolute Gasteiger partial charge is 0.497 e. The van der Waals surface area contributed by atoms with E-state index in [1.165, 1.54) is 34.9 Å². The van der Waals surface area contributed by atoms with E-state index in [4.69, 9.17) is 9.47 Å². The molecule has 5 heteroatoms. The van der Waals surface area contributed by atoms with Crippen molar-refractivity contribution in [1.29, 1.82) is 0 Å². The summed E-state index contributed by atoms with van der Waals surface area (Å²) in [5, 5.41) is 1.27. The Balaban J connectivity index is 1.50. The Bertz CT molecular complexity index is 873. The Morgan fingerprint density at radius 1 is 1.19 bits per heavy atom. The van der Waals surface area contributed by atoms with Crippen LogP contribution < -0.4 is 9.47 Å². The highest BCUT2D eigenvalue weighted by Gasteiger charge is 2.25. The van der Waals surface area contributed by atoms with Crippen LogP contribution in [-0.4, -0.2) is 41.7 Å². The second kappa shape index (κ2) is 7.38. The van der Waals surface area contributed by atoms with Crippen LogP contribution >= 0.6 is 0 Å². The van der Waals surface area contributed by atoms with Crippen LogP contribution in [0.25, 0.3) is 10.9 Å². The number of H-pyrrole nitrogens is 1. The Kier molecular flexibility index (Phi) is 4.80. The number of fused-ring (bicyclic) bond motifs is 1. The molecular weight excluding hydrogens is 326 g/mol. The van der Waals surface area contributed by atoms with Gasteiger partial charge in [0.15, 0.2) is 0 Å². The molecule has 26 heavy (non-hydrogen) atoms. The fourth-order valence-corrected chi connectivity index (χ4v) is 3.90. The van der Waals surface area contributed by atoms with Gasteiger partial charge in [0.25, 0.3) is 0 Å². The van der Waals surface area contributed by atoms with Crippen LogP contribution in [0.5, 0.6) is 11.6 Å². The van der Waals surface area contributed by atoms with Crippen molar-refractivity contribution in [2.45, 2.75) is 31.8 Å². The number of ether oxygens (including phenoxy) is 2. The molecule has 0 amide bonds. The average Bonchev–Trinajstić information content (AvgIpc) is 3.29. The van der Waals surface area contributed by atoms with E-state index in [-0.39, 0.29) is 0 Å². The van der Waals surface area contributed by atoms with E-state index < -0.39 is 0 Å². The fourth-order valence-electron chi connectivity index (χ4n) is 3.90. The van der Waals surface area contributed by atoms with Crippen LogP contribution in [0.1, 0.15) is 24.0 Å². The highest BCUT2D eigenvalue weighted by Crippen LogP contribution is 2.29. The third-order valence-corrected chi connectivity index (χ3v) is 5.32. The van der Waals surface area contributed by atoms with Crippen molar-refractivity contribution >= 4 is 10.9 Å². The van der Waals surface area contributed by atoms with Crippen LogP contribution in [-0.2, 0) is 13.0 Å². The number of nitrogens with zero attached hydrogens (tertiary/aromatic N) is 2. The first-order valence-corrected chi connectivity index (χ1v) is 9.14. The first kappa shape index (κ1) is 16.9. The van der Waals surface area contributed by atoms with Gasteiger partial charge >= 0.3 is 0 Å². The van der Waals surface area contributed by atoms with Gasteiger partial charge in [0, 0.05) is 41.9 Å². The standard InChI is InChI=1S/C21H25N3O2/c1-25-18-6-7-20-19(11-18)16(13-22-20)10-17-4-3-9-24(17)14-15-5-8-21(26-2)23-12-15/h5-8,11-13,17,22H,3-4,9-10,14H2,1-2H3/t17-/m1/s1. The van der Waals surface area contributed by atoms with Crippen LogP contribution in [0.3, 0.4) is 0 Å². The average molecular weight is 351 g/mol. The van der Waals surface area contributed by atoms with Crippen molar-refractivity contribution in [2.75, 3.05) is 20.8 Å². The minimum absolute atomic E-state index is 0.558. The van der Waals surface area contributed by atoms with Crippen LogP contribution in [0.15, 0.2) is 42.7 Å². The Morgan fingerprint density at radius 2 is 2.12 bits per heavy atom. The molecule has 1 aliphatic heterocycles. The summed E-state index contributed by atoms with van der Waals surface area (Å²) in [7, 11) is 3.36. The van der Waals surface area contributed by atoms with Crippen LogP contribution in [0.2, 0.25) is 0 Å². The molecule has 2 aromatic heterocycles. The maximum atomic E-state index is 5.39. The zero-order chi connectivity index (χ0) is 17.9. The molecule has 1 aromatic carbocycles. The molecule has 3 heterocycles. The lowest BCUT2D eigenvalue weighted by atomic mass is 10.0. The van der Waals surface area contributed by atoms with E-state index in [1.807, 2.05) is 18.3 Å². The molecule has 0 unspecified atom stereocenters. The van der Waals surface area contributed by atoms with Gasteiger partial charge < -0.3 is 14.5 Å². The monoisotopic (exact) mass is 351 g/mol. The second-order valence-electron chi connectivity index (χ2n) is 6.90. The predicted molar refractivity (Wildman–Crippen MR) is 103 cm³/mol. The number of methoxy groups -OCH3 is 2. The van der Waals surface area contributed by atoms with Crippen molar-refractivity contribution in [2.24, 2.45) is 0 Å². The molecule has 0 spiro atoms. The number of hydrogen-bond acceptors (Lipinski definition) is 4. The molecule has 136 valence electrons. The first-order valence-electron chi connectivity index (χ1n) is 9.14. The van der Waals surface area contributed by atoms with Crippen LogP contribution in [0.4, 0.5) is 0 Å². The summed E-state index contributed by atoms with van der Waals surface area (Å²) >= 11 is 0. The number of pyridine rings is 1. The zero-order valence-corrected chi connectivity index (χ0v) is 15.4. The number of nitrogens with one attached hydrogen (secondary N) is 1. The number of likely N-dealkylation sites (tertiary alicyclic amines) is 1. The van der Waals surface area contributed by atoms with E-state index >= 15 is 0 Å². The Labute approximate surface area is 153 Å². The van der Waals surface area contributed by atoms with E-state index in [0.29, 0.717) is 11.9 Å². The molecule has 0 saturated carbocycles. The Hall–Kier alpha value is -2.53. The van der Waals surface area contributed by atoms with Crippen molar-refractivity contribution in [3.8, 4) is 11.6 Å². The van der Waals surface area contributed by atoms with Gasteiger partial charge in [-0.05, 0) is 55.1 Å². The van der Waals surface area contributed by atoms with Gasteiger partial charge in [-0.25, -0.2) is 4.98 Å². The Morgan fingerprint density at radius 3 is 2.88 bits per heavy atom. The molecule has 3 aromatic rings. The summed E-state index contributed by atoms with van der Waals surface area (Å²) in [6.45, 7) is 2.08. The minimum Gasteiger partial charge on any atom is -0.497 e. The molecule has 1 fully saturated rings. The van der Waals surface area contributed by atoms with Crippen molar-refractivity contribution in [3.63, 3.8) is 0 Å².